The number of rotatable bonds is 4. The van der Waals surface area contributed by atoms with Crippen molar-refractivity contribution in [3.05, 3.63) is 169 Å². The van der Waals surface area contributed by atoms with Crippen LogP contribution in [0.15, 0.2) is 169 Å². The van der Waals surface area contributed by atoms with Crippen molar-refractivity contribution in [2.45, 2.75) is 0 Å². The van der Waals surface area contributed by atoms with Gasteiger partial charge >= 0.3 is 0 Å². The zero-order valence-corrected chi connectivity index (χ0v) is 21.0. The van der Waals surface area contributed by atoms with E-state index in [1.165, 1.54) is 0 Å². The van der Waals surface area contributed by atoms with Crippen molar-refractivity contribution in [2.75, 3.05) is 0 Å². The van der Waals surface area contributed by atoms with Gasteiger partial charge in [0.05, 0.1) is 38.4 Å². The third-order valence-corrected chi connectivity index (χ3v) is 6.50. The average molecular weight is 561 g/mol. The molecule has 0 radical (unpaired) electrons. The summed E-state index contributed by atoms with van der Waals surface area (Å²) >= 11 is 0. The zero-order chi connectivity index (χ0) is 52.2. The lowest BCUT2D eigenvalue weighted by Crippen LogP contribution is -1.94. The second-order valence-electron chi connectivity index (χ2n) is 8.75. The fraction of sp³-hybridized carbons (Fsp3) is 0. The van der Waals surface area contributed by atoms with Crippen molar-refractivity contribution in [1.82, 2.24) is 0 Å². The highest BCUT2D eigenvalue weighted by atomic mass is 14.2. The maximum atomic E-state index is 10.0. The van der Waals surface area contributed by atoms with Gasteiger partial charge in [0, 0.05) is 0 Å². The van der Waals surface area contributed by atoms with Crippen molar-refractivity contribution in [3.8, 4) is 44.5 Å². The zero-order valence-electron chi connectivity index (χ0n) is 49.0. The third-order valence-electron chi connectivity index (χ3n) is 6.50. The second kappa shape index (κ2) is 10.2. The Balaban J connectivity index is 1.88. The van der Waals surface area contributed by atoms with Gasteiger partial charge in [0.15, 0.2) is 0 Å². The van der Waals surface area contributed by atoms with E-state index in [0.717, 1.165) is 0 Å². The van der Waals surface area contributed by atoms with E-state index in [2.05, 4.69) is 0 Å². The molecule has 42 heavy (non-hydrogen) atoms. The van der Waals surface area contributed by atoms with Crippen LogP contribution in [-0.4, -0.2) is 0 Å². The number of fused-ring (bicyclic) bond motifs is 3. The van der Waals surface area contributed by atoms with E-state index in [-0.39, 0.29) is 0 Å². The summed E-state index contributed by atoms with van der Waals surface area (Å²) in [5.74, 6) is 0. The lowest BCUT2D eigenvalue weighted by atomic mass is 9.82. The first kappa shape index (κ1) is 9.02. The normalized spacial score (nSPS) is 20.7. The van der Waals surface area contributed by atoms with Gasteiger partial charge in [0.25, 0.3) is 0 Å². The molecule has 8 aromatic carbocycles. The summed E-state index contributed by atoms with van der Waals surface area (Å²) in [7, 11) is 0. The standard InChI is InChI=1S/C42H28/c1-3-14-29(15-4-1)32-26-27-39-40(28-32)42(35-22-10-9-21-33(35)30-16-5-2-6-17-30)38-24-12-11-23-37(38)41(39)36-25-13-19-31-18-7-8-20-34(31)36/h1-28H/i1D,2D,3D,4D,5D,6D,7D,8D,9D,10D,11D,12D,13D,14D,15D,16D,17D,18D,19D,20D,21D,22D,23D,24D,25D,26D,27D,28D. The summed E-state index contributed by atoms with van der Waals surface area (Å²) in [6.07, 6.45) is 0. The molecular formula is C42H28. The first-order valence-electron chi connectivity index (χ1n) is 26.2. The molecule has 8 rings (SSSR count). The van der Waals surface area contributed by atoms with Crippen LogP contribution in [0.5, 0.6) is 0 Å². The molecular weight excluding hydrogens is 504 g/mol. The molecule has 0 aliphatic carbocycles. The first-order chi connectivity index (χ1) is 32.5. The monoisotopic (exact) mass is 560 g/mol. The maximum absolute atomic E-state index is 10.0. The van der Waals surface area contributed by atoms with Crippen LogP contribution in [0, 0.1) is 0 Å². The van der Waals surface area contributed by atoms with Crippen LogP contribution in [0.2, 0.25) is 0 Å². The van der Waals surface area contributed by atoms with Gasteiger partial charge in [-0.2, -0.15) is 0 Å². The summed E-state index contributed by atoms with van der Waals surface area (Å²) in [4.78, 5) is 0. The topological polar surface area (TPSA) is 0 Å². The lowest BCUT2D eigenvalue weighted by Gasteiger charge is -2.21. The van der Waals surface area contributed by atoms with Crippen LogP contribution in [0.25, 0.3) is 76.8 Å². The molecule has 0 heteroatoms. The van der Waals surface area contributed by atoms with Crippen LogP contribution in [0.4, 0.5) is 0 Å². The SMILES string of the molecule is [2H]c1c([2H])c([2H])c(-c2c([2H])c([2H])c([2H])c([2H])c2-c2c3c([2H])c([2H])c([2H])c([2H])c3c(-c3c([2H])c([2H])c([2H])c4c([2H])c([2H])c([2H])c([2H])c34)c3c([2H])c([2H])c(-c4c([2H])c([2H])c([2H])c([2H])c4[2H])c([2H])c23)c([2H])c1[2H]. The number of hydrogen-bond acceptors (Lipinski definition) is 0. The van der Waals surface area contributed by atoms with Gasteiger partial charge in [0.1, 0.15) is 0 Å². The van der Waals surface area contributed by atoms with Crippen LogP contribution < -0.4 is 0 Å². The van der Waals surface area contributed by atoms with Gasteiger partial charge in [-0.15, -0.1) is 0 Å². The largest absolute Gasteiger partial charge is 0.0636 e. The molecule has 0 aliphatic heterocycles. The van der Waals surface area contributed by atoms with Crippen LogP contribution in [0.1, 0.15) is 38.4 Å². The minimum absolute atomic E-state index is 0.687. The smallest absolute Gasteiger partial charge is 0.0622 e. The Bertz CT molecular complexity index is 3730. The third kappa shape index (κ3) is 4.00. The van der Waals surface area contributed by atoms with Crippen molar-refractivity contribution >= 4 is 32.3 Å². The molecule has 0 saturated heterocycles. The fourth-order valence-corrected chi connectivity index (χ4v) is 4.78. The predicted octanol–water partition coefficient (Wildman–Crippen LogP) is 11.8. The molecule has 8 aromatic rings. The molecule has 0 heterocycles. The van der Waals surface area contributed by atoms with Crippen molar-refractivity contribution < 1.29 is 38.4 Å². The highest BCUT2D eigenvalue weighted by molar-refractivity contribution is 6.24. The van der Waals surface area contributed by atoms with E-state index < -0.39 is 246 Å². The van der Waals surface area contributed by atoms with E-state index in [1.54, 1.807) is 0 Å². The molecule has 0 spiro atoms. The first-order valence-corrected chi connectivity index (χ1v) is 12.2. The Morgan fingerprint density at radius 2 is 0.786 bits per heavy atom. The molecule has 0 bridgehead atoms. The van der Waals surface area contributed by atoms with Crippen molar-refractivity contribution in [1.29, 1.82) is 0 Å². The van der Waals surface area contributed by atoms with Gasteiger partial charge in [-0.3, -0.25) is 0 Å². The highest BCUT2D eigenvalue weighted by Gasteiger charge is 2.20. The molecule has 0 aliphatic rings. The van der Waals surface area contributed by atoms with Crippen molar-refractivity contribution in [2.24, 2.45) is 0 Å². The van der Waals surface area contributed by atoms with E-state index in [0.29, 0.717) is 0 Å². The molecule has 196 valence electrons. The highest BCUT2D eigenvalue weighted by Crippen LogP contribution is 2.48. The van der Waals surface area contributed by atoms with Crippen LogP contribution in [-0.2, 0) is 0 Å². The number of benzene rings is 8. The lowest BCUT2D eigenvalue weighted by molar-refractivity contribution is 1.60. The molecule has 0 unspecified atom stereocenters. The molecule has 0 N–H and O–H groups in total. The van der Waals surface area contributed by atoms with Crippen LogP contribution >= 0.6 is 0 Å². The van der Waals surface area contributed by atoms with E-state index in [1.807, 2.05) is 0 Å². The Labute approximate surface area is 285 Å². The Hall–Kier alpha value is -5.46. The Kier molecular flexibility index (Phi) is 2.19. The molecule has 0 fully saturated rings. The summed E-state index contributed by atoms with van der Waals surface area (Å²) in [6, 6.07) is -28.6. The van der Waals surface area contributed by atoms with Gasteiger partial charge in [-0.1, -0.05) is 163 Å². The van der Waals surface area contributed by atoms with Gasteiger partial charge in [0.2, 0.25) is 0 Å². The molecule has 0 atom stereocenters. The Morgan fingerprint density at radius 3 is 1.52 bits per heavy atom. The minimum Gasteiger partial charge on any atom is -0.0622 e. The summed E-state index contributed by atoms with van der Waals surface area (Å²) in [5.41, 5.74) is -7.03. The summed E-state index contributed by atoms with van der Waals surface area (Å²) in [5, 5.41) is -4.85. The summed E-state index contributed by atoms with van der Waals surface area (Å²) < 4.78 is 251. The number of hydrogen-bond donors (Lipinski definition) is 0. The van der Waals surface area contributed by atoms with Gasteiger partial charge in [-0.05, 0) is 82.9 Å². The van der Waals surface area contributed by atoms with Gasteiger partial charge in [-0.25, -0.2) is 0 Å². The van der Waals surface area contributed by atoms with Crippen molar-refractivity contribution in [3.63, 3.8) is 0 Å². The minimum atomic E-state index is -1.14. The molecule has 0 aromatic heterocycles. The molecule has 0 saturated carbocycles. The second-order valence-corrected chi connectivity index (χ2v) is 8.75. The van der Waals surface area contributed by atoms with E-state index in [9.17, 15) is 11.0 Å². The molecule has 0 amide bonds. The van der Waals surface area contributed by atoms with Gasteiger partial charge < -0.3 is 0 Å². The summed E-state index contributed by atoms with van der Waals surface area (Å²) in [6.45, 7) is 0. The maximum Gasteiger partial charge on any atom is 0.0636 e. The fourth-order valence-electron chi connectivity index (χ4n) is 4.78. The Morgan fingerprint density at radius 1 is 0.286 bits per heavy atom. The van der Waals surface area contributed by atoms with E-state index in [4.69, 9.17) is 27.4 Å². The molecule has 0 nitrogen and oxygen atoms in total. The predicted molar refractivity (Wildman–Crippen MR) is 181 cm³/mol. The van der Waals surface area contributed by atoms with E-state index >= 15 is 0 Å². The van der Waals surface area contributed by atoms with Crippen LogP contribution in [0.3, 0.4) is 0 Å². The quantitative estimate of drug-likeness (QED) is 0.188. The average Bonchev–Trinajstić information content (AvgIpc) is 3.33.